The second kappa shape index (κ2) is 8.50. The van der Waals surface area contributed by atoms with Gasteiger partial charge in [-0.25, -0.2) is 8.42 Å². The molecule has 1 aromatic heterocycles. The van der Waals surface area contributed by atoms with E-state index in [1.54, 1.807) is 37.3 Å². The molecule has 3 aromatic rings. The summed E-state index contributed by atoms with van der Waals surface area (Å²) in [6.07, 6.45) is 1.51. The smallest absolute Gasteiger partial charge is 0.264 e. The van der Waals surface area contributed by atoms with Gasteiger partial charge in [-0.15, -0.1) is 0 Å². The highest BCUT2D eigenvalue weighted by Gasteiger charge is 2.28. The average molecular weight is 419 g/mol. The van der Waals surface area contributed by atoms with Gasteiger partial charge in [-0.1, -0.05) is 29.8 Å². The highest BCUT2D eigenvalue weighted by atomic mass is 35.5. The quantitative estimate of drug-likeness (QED) is 0.633. The standard InChI is InChI=1S/C20H19ClN2O4S/c1-15-5-2-3-7-19(15)23(14-20(24)22-13-17-6-4-12-27-17)28(25,26)18-10-8-16(21)9-11-18/h2-12H,13-14H2,1H3,(H,22,24). The van der Waals surface area contributed by atoms with Crippen molar-refractivity contribution in [3.05, 3.63) is 83.3 Å². The van der Waals surface area contributed by atoms with Crippen molar-refractivity contribution in [3.63, 3.8) is 0 Å². The highest BCUT2D eigenvalue weighted by Crippen LogP contribution is 2.27. The lowest BCUT2D eigenvalue weighted by Gasteiger charge is -2.25. The molecule has 0 saturated heterocycles. The Morgan fingerprint density at radius 3 is 2.43 bits per heavy atom. The molecule has 28 heavy (non-hydrogen) atoms. The summed E-state index contributed by atoms with van der Waals surface area (Å²) in [5.41, 5.74) is 1.17. The first-order valence-electron chi connectivity index (χ1n) is 8.51. The first kappa shape index (κ1) is 20.0. The second-order valence-electron chi connectivity index (χ2n) is 6.11. The van der Waals surface area contributed by atoms with E-state index in [4.69, 9.17) is 16.0 Å². The summed E-state index contributed by atoms with van der Waals surface area (Å²) in [4.78, 5) is 12.5. The Morgan fingerprint density at radius 2 is 1.79 bits per heavy atom. The fourth-order valence-corrected chi connectivity index (χ4v) is 4.27. The Morgan fingerprint density at radius 1 is 1.07 bits per heavy atom. The minimum Gasteiger partial charge on any atom is -0.467 e. The van der Waals surface area contributed by atoms with Gasteiger partial charge in [0.15, 0.2) is 0 Å². The Hall–Kier alpha value is -2.77. The molecule has 6 nitrogen and oxygen atoms in total. The molecular weight excluding hydrogens is 400 g/mol. The molecule has 1 N–H and O–H groups in total. The molecule has 0 radical (unpaired) electrons. The number of nitrogens with zero attached hydrogens (tertiary/aromatic N) is 1. The number of aryl methyl sites for hydroxylation is 1. The first-order valence-corrected chi connectivity index (χ1v) is 10.3. The summed E-state index contributed by atoms with van der Waals surface area (Å²) in [5.74, 6) is 0.133. The van der Waals surface area contributed by atoms with Crippen LogP contribution in [0.5, 0.6) is 0 Å². The van der Waals surface area contributed by atoms with E-state index in [9.17, 15) is 13.2 Å². The van der Waals surface area contributed by atoms with Gasteiger partial charge in [-0.05, 0) is 55.0 Å². The van der Waals surface area contributed by atoms with Crippen LogP contribution in [0.4, 0.5) is 5.69 Å². The summed E-state index contributed by atoms with van der Waals surface area (Å²) in [7, 11) is -3.97. The van der Waals surface area contributed by atoms with Crippen LogP contribution in [0.25, 0.3) is 0 Å². The highest BCUT2D eigenvalue weighted by molar-refractivity contribution is 7.92. The molecule has 0 aliphatic rings. The van der Waals surface area contributed by atoms with E-state index in [2.05, 4.69) is 5.32 Å². The van der Waals surface area contributed by atoms with Gasteiger partial charge in [0.1, 0.15) is 12.3 Å². The zero-order valence-electron chi connectivity index (χ0n) is 15.1. The third kappa shape index (κ3) is 4.55. The van der Waals surface area contributed by atoms with Crippen LogP contribution < -0.4 is 9.62 Å². The van der Waals surface area contributed by atoms with Gasteiger partial charge in [0.05, 0.1) is 23.4 Å². The SMILES string of the molecule is Cc1ccccc1N(CC(=O)NCc1ccco1)S(=O)(=O)c1ccc(Cl)cc1. The van der Waals surface area contributed by atoms with E-state index in [1.807, 2.05) is 6.07 Å². The summed E-state index contributed by atoms with van der Waals surface area (Å²) in [5, 5.41) is 3.11. The van der Waals surface area contributed by atoms with Gasteiger partial charge in [0.25, 0.3) is 10.0 Å². The number of hydrogen-bond donors (Lipinski definition) is 1. The molecule has 2 aromatic carbocycles. The number of sulfonamides is 1. The number of hydrogen-bond acceptors (Lipinski definition) is 4. The molecule has 0 spiro atoms. The number of amides is 1. The van der Waals surface area contributed by atoms with Crippen LogP contribution in [0.15, 0.2) is 76.2 Å². The van der Waals surface area contributed by atoms with Crippen LogP contribution in [-0.2, 0) is 21.4 Å². The number of furan rings is 1. The molecule has 3 rings (SSSR count). The van der Waals surface area contributed by atoms with E-state index in [-0.39, 0.29) is 18.0 Å². The van der Waals surface area contributed by atoms with Crippen LogP contribution in [0.2, 0.25) is 5.02 Å². The number of nitrogens with one attached hydrogen (secondary N) is 1. The van der Waals surface area contributed by atoms with Gasteiger partial charge in [0.2, 0.25) is 5.91 Å². The van der Waals surface area contributed by atoms with Crippen molar-refractivity contribution >= 4 is 33.2 Å². The molecular formula is C20H19ClN2O4S. The molecule has 0 saturated carbocycles. The maximum atomic E-state index is 13.2. The average Bonchev–Trinajstić information content (AvgIpc) is 3.19. The van der Waals surface area contributed by atoms with E-state index < -0.39 is 15.9 Å². The number of rotatable bonds is 7. The maximum absolute atomic E-state index is 13.2. The Labute approximate surface area is 168 Å². The maximum Gasteiger partial charge on any atom is 0.264 e. The molecule has 0 fully saturated rings. The Kier molecular flexibility index (Phi) is 6.06. The van der Waals surface area contributed by atoms with Gasteiger partial charge in [0, 0.05) is 5.02 Å². The molecule has 1 heterocycles. The topological polar surface area (TPSA) is 79.6 Å². The number of para-hydroxylation sites is 1. The summed E-state index contributed by atoms with van der Waals surface area (Å²) < 4.78 is 32.8. The summed E-state index contributed by atoms with van der Waals surface area (Å²) in [6, 6.07) is 16.3. The Balaban J connectivity index is 1.90. The zero-order chi connectivity index (χ0) is 20.1. The van der Waals surface area contributed by atoms with Crippen molar-refractivity contribution in [2.24, 2.45) is 0 Å². The third-order valence-electron chi connectivity index (χ3n) is 4.11. The Bertz CT molecular complexity index is 1050. The molecule has 0 unspecified atom stereocenters. The van der Waals surface area contributed by atoms with Crippen LogP contribution >= 0.6 is 11.6 Å². The van der Waals surface area contributed by atoms with E-state index >= 15 is 0 Å². The van der Waals surface area contributed by atoms with Crippen molar-refractivity contribution in [2.75, 3.05) is 10.8 Å². The van der Waals surface area contributed by atoms with Gasteiger partial charge in [-0.2, -0.15) is 0 Å². The first-order chi connectivity index (χ1) is 13.4. The van der Waals surface area contributed by atoms with Crippen molar-refractivity contribution in [1.82, 2.24) is 5.32 Å². The van der Waals surface area contributed by atoms with Crippen molar-refractivity contribution in [3.8, 4) is 0 Å². The molecule has 0 bridgehead atoms. The number of carbonyl (C=O) groups excluding carboxylic acids is 1. The second-order valence-corrected chi connectivity index (χ2v) is 8.41. The van der Waals surface area contributed by atoms with E-state index in [0.29, 0.717) is 16.5 Å². The number of anilines is 1. The van der Waals surface area contributed by atoms with Gasteiger partial charge < -0.3 is 9.73 Å². The predicted octanol–water partition coefficient (Wildman–Crippen LogP) is 3.75. The van der Waals surface area contributed by atoms with Crippen LogP contribution in [0.3, 0.4) is 0 Å². The molecule has 0 aliphatic heterocycles. The van der Waals surface area contributed by atoms with E-state index in [1.165, 1.54) is 30.5 Å². The largest absolute Gasteiger partial charge is 0.467 e. The molecule has 0 atom stereocenters. The summed E-state index contributed by atoms with van der Waals surface area (Å²) >= 11 is 5.88. The number of benzene rings is 2. The fraction of sp³-hybridized carbons (Fsp3) is 0.150. The molecule has 1 amide bonds. The lowest BCUT2D eigenvalue weighted by atomic mass is 10.2. The van der Waals surface area contributed by atoms with Gasteiger partial charge >= 0.3 is 0 Å². The minimum atomic E-state index is -3.97. The lowest BCUT2D eigenvalue weighted by molar-refractivity contribution is -0.119. The minimum absolute atomic E-state index is 0.0546. The van der Waals surface area contributed by atoms with Gasteiger partial charge in [-0.3, -0.25) is 9.10 Å². The molecule has 146 valence electrons. The zero-order valence-corrected chi connectivity index (χ0v) is 16.7. The summed E-state index contributed by atoms with van der Waals surface area (Å²) in [6.45, 7) is 1.60. The van der Waals surface area contributed by atoms with Crippen molar-refractivity contribution in [2.45, 2.75) is 18.4 Å². The lowest BCUT2D eigenvalue weighted by Crippen LogP contribution is -2.41. The normalized spacial score (nSPS) is 11.2. The fourth-order valence-electron chi connectivity index (χ4n) is 2.66. The van der Waals surface area contributed by atoms with E-state index in [0.717, 1.165) is 9.87 Å². The van der Waals surface area contributed by atoms with Crippen LogP contribution in [-0.4, -0.2) is 20.9 Å². The van der Waals surface area contributed by atoms with Crippen LogP contribution in [0, 0.1) is 6.92 Å². The molecule has 0 aliphatic carbocycles. The number of carbonyl (C=O) groups is 1. The number of halogens is 1. The third-order valence-corrected chi connectivity index (χ3v) is 6.14. The van der Waals surface area contributed by atoms with Crippen molar-refractivity contribution < 1.29 is 17.6 Å². The predicted molar refractivity (Wildman–Crippen MR) is 108 cm³/mol. The molecule has 8 heteroatoms. The van der Waals surface area contributed by atoms with Crippen molar-refractivity contribution in [1.29, 1.82) is 0 Å². The van der Waals surface area contributed by atoms with Crippen LogP contribution in [0.1, 0.15) is 11.3 Å². The monoisotopic (exact) mass is 418 g/mol.